The molecule has 0 radical (unpaired) electrons. The van der Waals surface area contributed by atoms with Gasteiger partial charge in [0.25, 0.3) is 0 Å². The van der Waals surface area contributed by atoms with E-state index in [-0.39, 0.29) is 5.02 Å². The Morgan fingerprint density at radius 1 is 1.38 bits per heavy atom. The number of alkyl halides is 3. The van der Waals surface area contributed by atoms with E-state index >= 15 is 0 Å². The summed E-state index contributed by atoms with van der Waals surface area (Å²) >= 11 is 5.49. The van der Waals surface area contributed by atoms with Crippen molar-refractivity contribution in [1.29, 1.82) is 0 Å². The zero-order valence-electron chi connectivity index (χ0n) is 7.62. The van der Waals surface area contributed by atoms with Crippen molar-refractivity contribution in [3.8, 4) is 0 Å². The Bertz CT molecular complexity index is 417. The lowest BCUT2D eigenvalue weighted by atomic mass is 10.1. The molecular formula is C9H6ClF3O3. The minimum atomic E-state index is -4.61. The number of carboxylic acid groups (broad SMARTS) is 1. The zero-order valence-corrected chi connectivity index (χ0v) is 8.38. The number of carboxylic acids is 1. The average Bonchev–Trinajstić information content (AvgIpc) is 2.15. The maximum Gasteiger partial charge on any atom is 0.416 e. The SMILES string of the molecule is O=C(O)C(O)c1cc(C(F)(F)F)ccc1Cl. The number of hydrogen-bond acceptors (Lipinski definition) is 2. The van der Waals surface area contributed by atoms with Crippen LogP contribution in [0.4, 0.5) is 13.2 Å². The van der Waals surface area contributed by atoms with Crippen LogP contribution in [0.1, 0.15) is 17.2 Å². The molecule has 1 atom stereocenters. The van der Waals surface area contributed by atoms with Crippen molar-refractivity contribution in [3.63, 3.8) is 0 Å². The second kappa shape index (κ2) is 4.31. The Balaban J connectivity index is 3.24. The zero-order chi connectivity index (χ0) is 12.5. The van der Waals surface area contributed by atoms with Crippen LogP contribution in [0.5, 0.6) is 0 Å². The lowest BCUT2D eigenvalue weighted by Gasteiger charge is -2.12. The molecule has 0 aliphatic rings. The maximum atomic E-state index is 12.3. The van der Waals surface area contributed by atoms with Crippen molar-refractivity contribution < 1.29 is 28.2 Å². The highest BCUT2D eigenvalue weighted by Crippen LogP contribution is 2.33. The van der Waals surface area contributed by atoms with Gasteiger partial charge in [-0.1, -0.05) is 11.6 Å². The van der Waals surface area contributed by atoms with Gasteiger partial charge in [-0.2, -0.15) is 13.2 Å². The minimum absolute atomic E-state index is 0.233. The van der Waals surface area contributed by atoms with Gasteiger partial charge in [0.15, 0.2) is 6.10 Å². The van der Waals surface area contributed by atoms with E-state index < -0.39 is 29.4 Å². The van der Waals surface area contributed by atoms with E-state index in [0.717, 1.165) is 6.07 Å². The second-order valence-electron chi connectivity index (χ2n) is 2.97. The van der Waals surface area contributed by atoms with Gasteiger partial charge < -0.3 is 10.2 Å². The van der Waals surface area contributed by atoms with E-state index in [1.54, 1.807) is 0 Å². The van der Waals surface area contributed by atoms with Crippen LogP contribution >= 0.6 is 11.6 Å². The molecule has 7 heteroatoms. The van der Waals surface area contributed by atoms with Gasteiger partial charge in [0.2, 0.25) is 0 Å². The van der Waals surface area contributed by atoms with Crippen LogP contribution in [0, 0.1) is 0 Å². The van der Waals surface area contributed by atoms with Crippen LogP contribution in [-0.4, -0.2) is 16.2 Å². The van der Waals surface area contributed by atoms with Gasteiger partial charge in [-0.15, -0.1) is 0 Å². The fourth-order valence-corrected chi connectivity index (χ4v) is 1.28. The van der Waals surface area contributed by atoms with Crippen LogP contribution in [0.15, 0.2) is 18.2 Å². The normalized spacial score (nSPS) is 13.6. The molecule has 0 saturated carbocycles. The van der Waals surface area contributed by atoms with Crippen molar-refractivity contribution in [2.75, 3.05) is 0 Å². The smallest absolute Gasteiger partial charge is 0.416 e. The number of benzene rings is 1. The monoisotopic (exact) mass is 254 g/mol. The third-order valence-corrected chi connectivity index (χ3v) is 2.20. The Kier molecular flexibility index (Phi) is 3.44. The van der Waals surface area contributed by atoms with Gasteiger partial charge in [-0.05, 0) is 18.2 Å². The highest BCUT2D eigenvalue weighted by molar-refractivity contribution is 6.31. The van der Waals surface area contributed by atoms with Crippen molar-refractivity contribution in [1.82, 2.24) is 0 Å². The first-order valence-corrected chi connectivity index (χ1v) is 4.39. The molecule has 0 aliphatic heterocycles. The van der Waals surface area contributed by atoms with Gasteiger partial charge in [0.1, 0.15) is 0 Å². The molecule has 1 rings (SSSR count). The first-order chi connectivity index (χ1) is 7.23. The summed E-state index contributed by atoms with van der Waals surface area (Å²) in [6.07, 6.45) is -6.69. The second-order valence-corrected chi connectivity index (χ2v) is 3.38. The number of aliphatic hydroxyl groups excluding tert-OH is 1. The van der Waals surface area contributed by atoms with Gasteiger partial charge >= 0.3 is 12.1 Å². The number of halogens is 4. The lowest BCUT2D eigenvalue weighted by molar-refractivity contribution is -0.147. The molecule has 16 heavy (non-hydrogen) atoms. The fraction of sp³-hybridized carbons (Fsp3) is 0.222. The molecule has 0 bridgehead atoms. The van der Waals surface area contributed by atoms with E-state index in [1.165, 1.54) is 0 Å². The van der Waals surface area contributed by atoms with Gasteiger partial charge in [-0.3, -0.25) is 0 Å². The van der Waals surface area contributed by atoms with Gasteiger partial charge in [-0.25, -0.2) is 4.79 Å². The summed E-state index contributed by atoms with van der Waals surface area (Å²) in [5.74, 6) is -1.67. The number of aliphatic carboxylic acids is 1. The molecular weight excluding hydrogens is 249 g/mol. The predicted octanol–water partition coefficient (Wildman–Crippen LogP) is 2.48. The molecule has 88 valence electrons. The topological polar surface area (TPSA) is 57.5 Å². The van der Waals surface area contributed by atoms with Gasteiger partial charge in [0.05, 0.1) is 5.56 Å². The first-order valence-electron chi connectivity index (χ1n) is 4.01. The Morgan fingerprint density at radius 3 is 2.38 bits per heavy atom. The molecule has 1 unspecified atom stereocenters. The fourth-order valence-electron chi connectivity index (χ4n) is 1.06. The van der Waals surface area contributed by atoms with Crippen LogP contribution in [0.3, 0.4) is 0 Å². The van der Waals surface area contributed by atoms with Crippen molar-refractivity contribution >= 4 is 17.6 Å². The summed E-state index contributed by atoms with van der Waals surface area (Å²) in [7, 11) is 0. The standard InChI is InChI=1S/C9H6ClF3O3/c10-6-2-1-4(9(11,12)13)3-5(6)7(14)8(15)16/h1-3,7,14H,(H,15,16). The largest absolute Gasteiger partial charge is 0.479 e. The highest BCUT2D eigenvalue weighted by Gasteiger charge is 2.32. The molecule has 0 fully saturated rings. The van der Waals surface area contributed by atoms with E-state index in [2.05, 4.69) is 0 Å². The summed E-state index contributed by atoms with van der Waals surface area (Å²) in [5.41, 5.74) is -1.55. The summed E-state index contributed by atoms with van der Waals surface area (Å²) in [6.45, 7) is 0. The number of hydrogen-bond donors (Lipinski definition) is 2. The van der Waals surface area contributed by atoms with E-state index in [9.17, 15) is 18.0 Å². The molecule has 0 spiro atoms. The van der Waals surface area contributed by atoms with Gasteiger partial charge in [0, 0.05) is 10.6 Å². The van der Waals surface area contributed by atoms with Crippen molar-refractivity contribution in [3.05, 3.63) is 34.3 Å². The number of carbonyl (C=O) groups is 1. The third kappa shape index (κ3) is 2.65. The number of rotatable bonds is 2. The summed E-state index contributed by atoms with van der Waals surface area (Å²) in [6, 6.07) is 2.12. The summed E-state index contributed by atoms with van der Waals surface area (Å²) in [5, 5.41) is 17.3. The van der Waals surface area contributed by atoms with E-state index in [0.29, 0.717) is 12.1 Å². The Morgan fingerprint density at radius 2 is 1.94 bits per heavy atom. The molecule has 0 heterocycles. The summed E-state index contributed by atoms with van der Waals surface area (Å²) < 4.78 is 36.9. The minimum Gasteiger partial charge on any atom is -0.479 e. The Labute approximate surface area is 93.1 Å². The first kappa shape index (κ1) is 12.8. The number of aliphatic hydroxyl groups is 1. The molecule has 0 aromatic heterocycles. The van der Waals surface area contributed by atoms with Crippen molar-refractivity contribution in [2.45, 2.75) is 12.3 Å². The Hall–Kier alpha value is -1.27. The predicted molar refractivity (Wildman–Crippen MR) is 49.0 cm³/mol. The summed E-state index contributed by atoms with van der Waals surface area (Å²) in [4.78, 5) is 10.4. The van der Waals surface area contributed by atoms with Crippen LogP contribution in [-0.2, 0) is 11.0 Å². The molecule has 1 aromatic carbocycles. The molecule has 1 aromatic rings. The quantitative estimate of drug-likeness (QED) is 0.852. The van der Waals surface area contributed by atoms with Crippen molar-refractivity contribution in [2.24, 2.45) is 0 Å². The van der Waals surface area contributed by atoms with Crippen LogP contribution in [0.25, 0.3) is 0 Å². The molecule has 3 nitrogen and oxygen atoms in total. The molecule has 0 amide bonds. The van der Waals surface area contributed by atoms with Crippen LogP contribution < -0.4 is 0 Å². The highest BCUT2D eigenvalue weighted by atomic mass is 35.5. The third-order valence-electron chi connectivity index (χ3n) is 1.85. The maximum absolute atomic E-state index is 12.3. The lowest BCUT2D eigenvalue weighted by Crippen LogP contribution is -2.13. The molecule has 0 aliphatic carbocycles. The van der Waals surface area contributed by atoms with Crippen LogP contribution in [0.2, 0.25) is 5.02 Å². The van der Waals surface area contributed by atoms with E-state index in [1.807, 2.05) is 0 Å². The molecule has 2 N–H and O–H groups in total. The van der Waals surface area contributed by atoms with E-state index in [4.69, 9.17) is 21.8 Å². The molecule has 0 saturated heterocycles. The average molecular weight is 255 g/mol.